The number of phosphoric ester groups is 1. The van der Waals surface area contributed by atoms with Crippen molar-refractivity contribution in [3.63, 3.8) is 0 Å². The molecular weight excluding hydrogens is 510 g/mol. The smallest absolute Gasteiger partial charge is 0.393 e. The minimum absolute atomic E-state index is 0.256. The van der Waals surface area contributed by atoms with Gasteiger partial charge in [0.05, 0.1) is 0 Å². The molecule has 0 amide bonds. The first-order valence-corrected chi connectivity index (χ1v) is 17.0. The Hall–Kier alpha value is -1.84. The van der Waals surface area contributed by atoms with Crippen molar-refractivity contribution in [2.75, 3.05) is 0 Å². The van der Waals surface area contributed by atoms with Gasteiger partial charge in [-0.2, -0.15) is 0 Å². The molecule has 4 nitrogen and oxygen atoms in total. The van der Waals surface area contributed by atoms with Crippen molar-refractivity contribution in [2.45, 2.75) is 136 Å². The molecule has 2 rings (SSSR count). The third kappa shape index (κ3) is 13.9. The standard InChI is InChI=1S/C33H52FO4P/c1-4-7-9-11-13-15-17-20-29-22-25-32(26-23-29)36-39(35,38-34)37-33-27-24-30(28-31(33)19-6-3)21-18-16-14-12-10-8-5-2/h22-28H,4-21H2,1-3H3. The van der Waals surface area contributed by atoms with Crippen molar-refractivity contribution < 1.29 is 22.9 Å². The van der Waals surface area contributed by atoms with Crippen LogP contribution in [0.15, 0.2) is 42.5 Å². The summed E-state index contributed by atoms with van der Waals surface area (Å²) in [5.41, 5.74) is 3.28. The highest BCUT2D eigenvalue weighted by Crippen LogP contribution is 2.50. The number of aryl methyl sites for hydroxylation is 3. The highest BCUT2D eigenvalue weighted by molar-refractivity contribution is 7.49. The summed E-state index contributed by atoms with van der Waals surface area (Å²) in [4.78, 5) is 0. The maximum atomic E-state index is 13.5. The fourth-order valence-corrected chi connectivity index (χ4v) is 5.82. The highest BCUT2D eigenvalue weighted by Gasteiger charge is 2.33. The van der Waals surface area contributed by atoms with E-state index in [0.29, 0.717) is 5.75 Å². The third-order valence-corrected chi connectivity index (χ3v) is 8.24. The molecule has 0 aliphatic heterocycles. The molecule has 6 heteroatoms. The van der Waals surface area contributed by atoms with E-state index in [1.807, 2.05) is 18.2 Å². The first-order chi connectivity index (χ1) is 19.0. The van der Waals surface area contributed by atoms with Gasteiger partial charge in [0.15, 0.2) is 0 Å². The van der Waals surface area contributed by atoms with E-state index in [-0.39, 0.29) is 5.75 Å². The maximum absolute atomic E-state index is 13.5. The first-order valence-electron chi connectivity index (χ1n) is 15.5. The molecule has 2 aromatic carbocycles. The van der Waals surface area contributed by atoms with Gasteiger partial charge in [-0.05, 0) is 71.5 Å². The predicted molar refractivity (Wildman–Crippen MR) is 161 cm³/mol. The Labute approximate surface area is 237 Å². The Balaban J connectivity index is 1.89. The van der Waals surface area contributed by atoms with Crippen LogP contribution in [0.25, 0.3) is 0 Å². The zero-order chi connectivity index (χ0) is 28.2. The predicted octanol–water partition coefficient (Wildman–Crippen LogP) is 11.7. The molecule has 0 aliphatic rings. The van der Waals surface area contributed by atoms with Gasteiger partial charge in [-0.15, -0.1) is 0 Å². The zero-order valence-corrected chi connectivity index (χ0v) is 25.6. The molecular formula is C33H52FO4P. The monoisotopic (exact) mass is 562 g/mol. The molecule has 1 atom stereocenters. The largest absolute Gasteiger partial charge is 0.619 e. The second-order valence-corrected chi connectivity index (χ2v) is 12.2. The van der Waals surface area contributed by atoms with E-state index in [9.17, 15) is 9.09 Å². The van der Waals surface area contributed by atoms with Gasteiger partial charge in [0, 0.05) is 0 Å². The van der Waals surface area contributed by atoms with E-state index in [1.54, 1.807) is 18.2 Å². The number of benzene rings is 2. The van der Waals surface area contributed by atoms with E-state index >= 15 is 0 Å². The lowest BCUT2D eigenvalue weighted by molar-refractivity contribution is -0.0338. The van der Waals surface area contributed by atoms with Crippen LogP contribution in [-0.2, 0) is 28.6 Å². The number of rotatable bonds is 23. The van der Waals surface area contributed by atoms with E-state index < -0.39 is 7.82 Å². The number of phosphoric acid groups is 1. The van der Waals surface area contributed by atoms with Gasteiger partial charge in [0.25, 0.3) is 0 Å². The molecule has 0 fully saturated rings. The molecule has 0 aliphatic carbocycles. The minimum atomic E-state index is -4.47. The van der Waals surface area contributed by atoms with Gasteiger partial charge in [-0.3, -0.25) is 0 Å². The fraction of sp³-hybridized carbons (Fsp3) is 0.636. The van der Waals surface area contributed by atoms with Crippen LogP contribution in [-0.4, -0.2) is 0 Å². The Morgan fingerprint density at radius 3 is 1.64 bits per heavy atom. The molecule has 39 heavy (non-hydrogen) atoms. The lowest BCUT2D eigenvalue weighted by Gasteiger charge is -2.18. The van der Waals surface area contributed by atoms with Gasteiger partial charge >= 0.3 is 7.82 Å². The number of hydrogen-bond donors (Lipinski definition) is 0. The van der Waals surface area contributed by atoms with Gasteiger partial charge in [0.1, 0.15) is 11.5 Å². The molecule has 2 aromatic rings. The van der Waals surface area contributed by atoms with E-state index in [1.165, 1.54) is 88.2 Å². The molecule has 1 unspecified atom stereocenters. The summed E-state index contributed by atoms with van der Waals surface area (Å²) in [6.07, 6.45) is 21.3. The average Bonchev–Trinajstić information content (AvgIpc) is 2.94. The topological polar surface area (TPSA) is 44.8 Å². The number of unbranched alkanes of at least 4 members (excludes halogenated alkanes) is 12. The van der Waals surface area contributed by atoms with Gasteiger partial charge in [0.2, 0.25) is 0 Å². The van der Waals surface area contributed by atoms with Gasteiger partial charge in [-0.25, -0.2) is 4.57 Å². The highest BCUT2D eigenvalue weighted by atomic mass is 31.2. The molecule has 0 saturated heterocycles. The van der Waals surface area contributed by atoms with Crippen molar-refractivity contribution >= 4 is 7.82 Å². The summed E-state index contributed by atoms with van der Waals surface area (Å²) in [6.45, 7) is 6.54. The van der Waals surface area contributed by atoms with Crippen LogP contribution in [0.5, 0.6) is 11.5 Å². The Morgan fingerprint density at radius 1 is 0.590 bits per heavy atom. The third-order valence-electron chi connectivity index (χ3n) is 7.22. The fourth-order valence-electron chi connectivity index (χ4n) is 4.93. The van der Waals surface area contributed by atoms with E-state index in [4.69, 9.17) is 9.05 Å². The average molecular weight is 563 g/mol. The number of hydrogen-bond acceptors (Lipinski definition) is 4. The summed E-state index contributed by atoms with van der Waals surface area (Å²) < 4.78 is 41.3. The van der Waals surface area contributed by atoms with Crippen molar-refractivity contribution in [1.82, 2.24) is 0 Å². The molecule has 0 spiro atoms. The van der Waals surface area contributed by atoms with Gasteiger partial charge in [-0.1, -0.05) is 133 Å². The van der Waals surface area contributed by atoms with Crippen molar-refractivity contribution in [2.24, 2.45) is 0 Å². The van der Waals surface area contributed by atoms with E-state index in [0.717, 1.165) is 44.1 Å². The summed E-state index contributed by atoms with van der Waals surface area (Å²) in [5.74, 6) is 0.601. The first kappa shape index (κ1) is 33.4. The molecule has 0 saturated carbocycles. The second kappa shape index (κ2) is 20.1. The lowest BCUT2D eigenvalue weighted by atomic mass is 10.0. The van der Waals surface area contributed by atoms with Crippen LogP contribution in [0.2, 0.25) is 0 Å². The second-order valence-electron chi connectivity index (χ2n) is 10.8. The Morgan fingerprint density at radius 2 is 1.10 bits per heavy atom. The van der Waals surface area contributed by atoms with Crippen LogP contribution in [0.4, 0.5) is 4.53 Å². The van der Waals surface area contributed by atoms with Crippen LogP contribution in [0.1, 0.15) is 134 Å². The normalized spacial score (nSPS) is 12.8. The molecule has 0 N–H and O–H groups in total. The van der Waals surface area contributed by atoms with Crippen LogP contribution < -0.4 is 9.05 Å². The SMILES string of the molecule is CCCCCCCCCc1ccc(OP(=O)(OF)Oc2ccc(CCCCCCCCC)cc2CCC)cc1. The molecule has 0 aromatic heterocycles. The number of halogens is 1. The van der Waals surface area contributed by atoms with Crippen molar-refractivity contribution in [1.29, 1.82) is 0 Å². The van der Waals surface area contributed by atoms with Crippen LogP contribution in [0.3, 0.4) is 0 Å². The van der Waals surface area contributed by atoms with E-state index in [2.05, 4.69) is 31.6 Å². The summed E-state index contributed by atoms with van der Waals surface area (Å²) in [6, 6.07) is 13.1. The van der Waals surface area contributed by atoms with Crippen molar-refractivity contribution in [3.05, 3.63) is 59.2 Å². The quantitative estimate of drug-likeness (QED) is 0.0998. The van der Waals surface area contributed by atoms with Crippen LogP contribution in [0, 0.1) is 0 Å². The van der Waals surface area contributed by atoms with Crippen molar-refractivity contribution in [3.8, 4) is 11.5 Å². The summed E-state index contributed by atoms with van der Waals surface area (Å²) in [7, 11) is -4.47. The molecule has 0 radical (unpaired) electrons. The van der Waals surface area contributed by atoms with Gasteiger partial charge < -0.3 is 9.05 Å². The molecule has 0 heterocycles. The Kier molecular flexibility index (Phi) is 17.2. The molecule has 220 valence electrons. The lowest BCUT2D eigenvalue weighted by Crippen LogP contribution is -2.04. The summed E-state index contributed by atoms with van der Waals surface area (Å²) >= 11 is 0. The van der Waals surface area contributed by atoms with Crippen LogP contribution >= 0.6 is 7.82 Å². The Bertz CT molecular complexity index is 947. The minimum Gasteiger partial charge on any atom is -0.393 e. The summed E-state index contributed by atoms with van der Waals surface area (Å²) in [5, 5.41) is 0. The zero-order valence-electron chi connectivity index (χ0n) is 24.7. The maximum Gasteiger partial charge on any atom is 0.619 e. The molecule has 0 bridgehead atoms.